The molecule has 2 aliphatic rings. The standard InChI is InChI=1S/C21H25F5O2/c1-27-12-13-2-4-14(5-3-13)15-6-8-16(9-7-15)17-10-18(22)20(19(23)11-17)28-21(24,25)26/h8,10-11,13-15H,2-7,9,12H2,1H3. The molecule has 28 heavy (non-hydrogen) atoms. The molecule has 0 saturated heterocycles. The Morgan fingerprint density at radius 2 is 1.61 bits per heavy atom. The van der Waals surface area contributed by atoms with Crippen molar-refractivity contribution in [2.45, 2.75) is 51.3 Å². The Kier molecular flexibility index (Phi) is 6.63. The van der Waals surface area contributed by atoms with Crippen molar-refractivity contribution in [2.24, 2.45) is 17.8 Å². The first-order valence-electron chi connectivity index (χ1n) is 9.70. The maximum absolute atomic E-state index is 14.0. The van der Waals surface area contributed by atoms with Crippen LogP contribution >= 0.6 is 0 Å². The number of hydrogen-bond donors (Lipinski definition) is 0. The molecule has 1 unspecified atom stereocenters. The van der Waals surface area contributed by atoms with Gasteiger partial charge in [-0.15, -0.1) is 13.2 Å². The van der Waals surface area contributed by atoms with Crippen LogP contribution in [0, 0.1) is 29.4 Å². The van der Waals surface area contributed by atoms with E-state index in [0.717, 1.165) is 37.2 Å². The second kappa shape index (κ2) is 8.80. The third-order valence-corrected chi connectivity index (χ3v) is 6.00. The van der Waals surface area contributed by atoms with E-state index < -0.39 is 23.7 Å². The third kappa shape index (κ3) is 5.25. The highest BCUT2D eigenvalue weighted by Crippen LogP contribution is 2.42. The molecule has 0 bridgehead atoms. The first kappa shape index (κ1) is 21.1. The molecule has 0 aliphatic heterocycles. The van der Waals surface area contributed by atoms with Crippen LogP contribution in [0.4, 0.5) is 22.0 Å². The molecule has 0 N–H and O–H groups in total. The van der Waals surface area contributed by atoms with Crippen molar-refractivity contribution < 1.29 is 31.4 Å². The number of rotatable bonds is 5. The number of ether oxygens (including phenoxy) is 2. The lowest BCUT2D eigenvalue weighted by atomic mass is 9.71. The summed E-state index contributed by atoms with van der Waals surface area (Å²) in [5, 5.41) is 0. The molecule has 1 aromatic carbocycles. The molecule has 3 rings (SSSR count). The van der Waals surface area contributed by atoms with E-state index in [9.17, 15) is 22.0 Å². The zero-order valence-electron chi connectivity index (χ0n) is 15.8. The highest BCUT2D eigenvalue weighted by atomic mass is 19.4. The molecule has 7 heteroatoms. The Hall–Kier alpha value is -1.63. The van der Waals surface area contributed by atoms with Crippen LogP contribution in [-0.4, -0.2) is 20.1 Å². The smallest absolute Gasteiger partial charge is 0.399 e. The molecule has 156 valence electrons. The van der Waals surface area contributed by atoms with E-state index in [1.807, 2.05) is 6.08 Å². The van der Waals surface area contributed by atoms with Crippen molar-refractivity contribution in [3.63, 3.8) is 0 Å². The Morgan fingerprint density at radius 3 is 2.11 bits per heavy atom. The summed E-state index contributed by atoms with van der Waals surface area (Å²) in [6, 6.07) is 1.85. The van der Waals surface area contributed by atoms with E-state index in [1.54, 1.807) is 7.11 Å². The van der Waals surface area contributed by atoms with Gasteiger partial charge in [0.05, 0.1) is 0 Å². The molecule has 0 spiro atoms. The van der Waals surface area contributed by atoms with Gasteiger partial charge >= 0.3 is 6.36 Å². The molecular formula is C21H25F5O2. The van der Waals surface area contributed by atoms with Gasteiger partial charge in [0, 0.05) is 13.7 Å². The van der Waals surface area contributed by atoms with E-state index in [4.69, 9.17) is 4.74 Å². The van der Waals surface area contributed by atoms with Crippen LogP contribution in [0.25, 0.3) is 5.57 Å². The van der Waals surface area contributed by atoms with E-state index in [1.165, 1.54) is 25.7 Å². The average molecular weight is 404 g/mol. The number of alkyl halides is 3. The summed E-state index contributed by atoms with van der Waals surface area (Å²) in [6.45, 7) is 0.812. The van der Waals surface area contributed by atoms with Crippen molar-refractivity contribution in [3.05, 3.63) is 35.4 Å². The van der Waals surface area contributed by atoms with Crippen LogP contribution in [0.15, 0.2) is 18.2 Å². The first-order chi connectivity index (χ1) is 13.3. The molecule has 1 atom stereocenters. The van der Waals surface area contributed by atoms with Crippen molar-refractivity contribution in [1.82, 2.24) is 0 Å². The van der Waals surface area contributed by atoms with Crippen LogP contribution in [-0.2, 0) is 4.74 Å². The average Bonchev–Trinajstić information content (AvgIpc) is 2.65. The summed E-state index contributed by atoms with van der Waals surface area (Å²) in [5.74, 6) is -2.24. The van der Waals surface area contributed by atoms with Crippen molar-refractivity contribution in [1.29, 1.82) is 0 Å². The molecule has 1 fully saturated rings. The highest BCUT2D eigenvalue weighted by molar-refractivity contribution is 5.67. The van der Waals surface area contributed by atoms with Gasteiger partial charge in [-0.3, -0.25) is 0 Å². The monoisotopic (exact) mass is 404 g/mol. The number of halogens is 5. The van der Waals surface area contributed by atoms with Gasteiger partial charge in [0.15, 0.2) is 11.6 Å². The first-order valence-corrected chi connectivity index (χ1v) is 9.70. The molecule has 2 nitrogen and oxygen atoms in total. The number of allylic oxidation sites excluding steroid dienone is 2. The van der Waals surface area contributed by atoms with Gasteiger partial charge < -0.3 is 9.47 Å². The lowest BCUT2D eigenvalue weighted by Gasteiger charge is -2.35. The quantitative estimate of drug-likeness (QED) is 0.522. The Morgan fingerprint density at radius 1 is 0.964 bits per heavy atom. The summed E-state index contributed by atoms with van der Waals surface area (Å²) in [4.78, 5) is 0. The molecule has 1 aromatic rings. The minimum Gasteiger partial charge on any atom is -0.399 e. The summed E-state index contributed by atoms with van der Waals surface area (Å²) in [6.07, 6.45) is 3.96. The van der Waals surface area contributed by atoms with E-state index in [0.29, 0.717) is 24.2 Å². The lowest BCUT2D eigenvalue weighted by Crippen LogP contribution is -2.24. The SMILES string of the molecule is COCC1CCC(C2CC=C(c3cc(F)c(OC(F)(F)F)c(F)c3)CC2)CC1. The summed E-state index contributed by atoms with van der Waals surface area (Å²) in [7, 11) is 1.73. The van der Waals surface area contributed by atoms with Gasteiger partial charge in [0.1, 0.15) is 0 Å². The summed E-state index contributed by atoms with van der Waals surface area (Å²) in [5.41, 5.74) is 1.06. The maximum atomic E-state index is 14.0. The molecular weight excluding hydrogens is 379 g/mol. The van der Waals surface area contributed by atoms with Crippen molar-refractivity contribution in [3.8, 4) is 5.75 Å². The fraction of sp³-hybridized carbons (Fsp3) is 0.619. The molecule has 0 amide bonds. The highest BCUT2D eigenvalue weighted by Gasteiger charge is 2.34. The van der Waals surface area contributed by atoms with Crippen LogP contribution in [0.5, 0.6) is 5.75 Å². The van der Waals surface area contributed by atoms with Crippen molar-refractivity contribution >= 4 is 5.57 Å². The van der Waals surface area contributed by atoms with E-state index >= 15 is 0 Å². The fourth-order valence-electron chi connectivity index (χ4n) is 4.57. The second-order valence-electron chi connectivity index (χ2n) is 7.82. The summed E-state index contributed by atoms with van der Waals surface area (Å²) >= 11 is 0. The van der Waals surface area contributed by atoms with Crippen LogP contribution in [0.3, 0.4) is 0 Å². The third-order valence-electron chi connectivity index (χ3n) is 6.00. The molecule has 0 radical (unpaired) electrons. The van der Waals surface area contributed by atoms with E-state index in [2.05, 4.69) is 4.74 Å². The minimum absolute atomic E-state index is 0.284. The van der Waals surface area contributed by atoms with Gasteiger partial charge in [-0.1, -0.05) is 6.08 Å². The molecule has 1 saturated carbocycles. The van der Waals surface area contributed by atoms with Gasteiger partial charge in [0.2, 0.25) is 5.75 Å². The van der Waals surface area contributed by atoms with Crippen LogP contribution in [0.2, 0.25) is 0 Å². The molecule has 2 aliphatic carbocycles. The van der Waals surface area contributed by atoms with Gasteiger partial charge in [0.25, 0.3) is 0 Å². The Balaban J connectivity index is 1.63. The predicted molar refractivity (Wildman–Crippen MR) is 95.7 cm³/mol. The maximum Gasteiger partial charge on any atom is 0.573 e. The summed E-state index contributed by atoms with van der Waals surface area (Å²) < 4.78 is 73.4. The molecule has 0 heterocycles. The lowest BCUT2D eigenvalue weighted by molar-refractivity contribution is -0.276. The van der Waals surface area contributed by atoms with Gasteiger partial charge in [-0.25, -0.2) is 8.78 Å². The predicted octanol–water partition coefficient (Wildman–Crippen LogP) is 6.50. The number of hydrogen-bond acceptors (Lipinski definition) is 2. The Labute approximate surface area is 161 Å². The van der Waals surface area contributed by atoms with Crippen LogP contribution in [0.1, 0.15) is 50.5 Å². The largest absolute Gasteiger partial charge is 0.573 e. The number of methoxy groups -OCH3 is 1. The van der Waals surface area contributed by atoms with Crippen molar-refractivity contribution in [2.75, 3.05) is 13.7 Å². The fourth-order valence-corrected chi connectivity index (χ4v) is 4.57. The Bertz CT molecular complexity index is 682. The normalized spacial score (nSPS) is 26.1. The zero-order valence-corrected chi connectivity index (χ0v) is 15.8. The van der Waals surface area contributed by atoms with Gasteiger partial charge in [-0.05, 0) is 86.0 Å². The minimum atomic E-state index is -5.14. The van der Waals surface area contributed by atoms with E-state index in [-0.39, 0.29) is 5.56 Å². The zero-order chi connectivity index (χ0) is 20.3. The topological polar surface area (TPSA) is 18.5 Å². The molecule has 0 aromatic heterocycles. The second-order valence-corrected chi connectivity index (χ2v) is 7.82. The van der Waals surface area contributed by atoms with Gasteiger partial charge in [-0.2, -0.15) is 0 Å². The number of benzene rings is 1. The van der Waals surface area contributed by atoms with Crippen LogP contribution < -0.4 is 4.74 Å².